The molecule has 1 N–H and O–H groups in total. The molecule has 1 aliphatic heterocycles. The summed E-state index contributed by atoms with van der Waals surface area (Å²) in [6.45, 7) is 4.48. The van der Waals surface area contributed by atoms with E-state index in [9.17, 15) is 0 Å². The average Bonchev–Trinajstić information content (AvgIpc) is 2.73. The van der Waals surface area contributed by atoms with Crippen LogP contribution in [0.5, 0.6) is 0 Å². The molecule has 0 aliphatic carbocycles. The summed E-state index contributed by atoms with van der Waals surface area (Å²) in [7, 11) is 0. The summed E-state index contributed by atoms with van der Waals surface area (Å²) in [5.41, 5.74) is 2.21. The molecule has 1 aromatic heterocycles. The van der Waals surface area contributed by atoms with Crippen LogP contribution in [0.15, 0.2) is 54.6 Å². The summed E-state index contributed by atoms with van der Waals surface area (Å²) in [5, 5.41) is 4.93. The number of aromatic nitrogens is 2. The van der Waals surface area contributed by atoms with Crippen molar-refractivity contribution in [1.82, 2.24) is 14.9 Å². The van der Waals surface area contributed by atoms with Crippen LogP contribution in [0.25, 0.3) is 10.9 Å². The molecule has 3 aromatic rings. The van der Waals surface area contributed by atoms with Gasteiger partial charge in [-0.25, -0.2) is 9.97 Å². The lowest BCUT2D eigenvalue weighted by Gasteiger charge is -2.31. The van der Waals surface area contributed by atoms with E-state index in [0.717, 1.165) is 62.4 Å². The summed E-state index contributed by atoms with van der Waals surface area (Å²) < 4.78 is 5.50. The van der Waals surface area contributed by atoms with Crippen LogP contribution in [0, 0.1) is 0 Å². The molecule has 6 heteroatoms. The first-order chi connectivity index (χ1) is 13.8. The Morgan fingerprint density at radius 2 is 1.75 bits per heavy atom. The number of nitrogens with zero attached hydrogens (tertiary/aromatic N) is 3. The van der Waals surface area contributed by atoms with E-state index in [2.05, 4.69) is 50.5 Å². The van der Waals surface area contributed by atoms with Crippen LogP contribution in [-0.2, 0) is 11.2 Å². The molecule has 4 rings (SSSR count). The van der Waals surface area contributed by atoms with E-state index >= 15 is 0 Å². The van der Waals surface area contributed by atoms with Crippen molar-refractivity contribution in [3.63, 3.8) is 0 Å². The van der Waals surface area contributed by atoms with E-state index in [-0.39, 0.29) is 11.3 Å². The number of aryl methyl sites for hydroxylation is 1. The quantitative estimate of drug-likeness (QED) is 0.611. The van der Waals surface area contributed by atoms with Gasteiger partial charge in [0.25, 0.3) is 0 Å². The van der Waals surface area contributed by atoms with Gasteiger partial charge in [0.05, 0.1) is 18.7 Å². The molecule has 0 amide bonds. The molecule has 0 spiro atoms. The van der Waals surface area contributed by atoms with E-state index in [4.69, 9.17) is 16.3 Å². The number of benzene rings is 2. The van der Waals surface area contributed by atoms with Crippen LogP contribution >= 0.6 is 11.6 Å². The number of hydrogen-bond acceptors (Lipinski definition) is 5. The second-order valence-corrected chi connectivity index (χ2v) is 7.47. The zero-order valence-electron chi connectivity index (χ0n) is 15.9. The summed E-state index contributed by atoms with van der Waals surface area (Å²) in [6, 6.07) is 18.9. The monoisotopic (exact) mass is 396 g/mol. The SMILES string of the molecule is Clc1nc(NC(CCc2ccccc2)CN2CCOCC2)c2ccccc2n1. The van der Waals surface area contributed by atoms with Crippen molar-refractivity contribution in [3.05, 3.63) is 65.4 Å². The molecule has 146 valence electrons. The van der Waals surface area contributed by atoms with Gasteiger partial charge < -0.3 is 10.1 Å². The smallest absolute Gasteiger partial charge is 0.224 e. The second-order valence-electron chi connectivity index (χ2n) is 7.14. The molecule has 0 saturated carbocycles. The minimum absolute atomic E-state index is 0.257. The number of morpholine rings is 1. The van der Waals surface area contributed by atoms with Crippen LogP contribution in [0.2, 0.25) is 5.28 Å². The Labute approximate surface area is 170 Å². The van der Waals surface area contributed by atoms with E-state index in [1.165, 1.54) is 5.56 Å². The van der Waals surface area contributed by atoms with Gasteiger partial charge in [0.15, 0.2) is 0 Å². The Morgan fingerprint density at radius 3 is 2.57 bits per heavy atom. The van der Waals surface area contributed by atoms with Crippen molar-refractivity contribution >= 4 is 28.3 Å². The van der Waals surface area contributed by atoms with E-state index in [1.807, 2.05) is 24.3 Å². The first-order valence-electron chi connectivity index (χ1n) is 9.81. The van der Waals surface area contributed by atoms with Crippen LogP contribution < -0.4 is 5.32 Å². The van der Waals surface area contributed by atoms with Gasteiger partial charge in [0, 0.05) is 31.1 Å². The lowest BCUT2D eigenvalue weighted by molar-refractivity contribution is 0.0358. The van der Waals surface area contributed by atoms with Crippen molar-refractivity contribution in [1.29, 1.82) is 0 Å². The molecule has 1 atom stereocenters. The highest BCUT2D eigenvalue weighted by Crippen LogP contribution is 2.23. The third-order valence-corrected chi connectivity index (χ3v) is 5.29. The van der Waals surface area contributed by atoms with Gasteiger partial charge >= 0.3 is 0 Å². The molecule has 0 bridgehead atoms. The second kappa shape index (κ2) is 9.32. The fraction of sp³-hybridized carbons (Fsp3) is 0.364. The molecule has 2 heterocycles. The number of halogens is 1. The number of fused-ring (bicyclic) bond motifs is 1. The third-order valence-electron chi connectivity index (χ3n) is 5.12. The van der Waals surface area contributed by atoms with Crippen molar-refractivity contribution < 1.29 is 4.74 Å². The van der Waals surface area contributed by atoms with Crippen molar-refractivity contribution in [2.75, 3.05) is 38.2 Å². The molecule has 5 nitrogen and oxygen atoms in total. The van der Waals surface area contributed by atoms with Crippen LogP contribution in [-0.4, -0.2) is 53.8 Å². The Hall–Kier alpha value is -2.21. The minimum atomic E-state index is 0.257. The zero-order valence-corrected chi connectivity index (χ0v) is 16.6. The Morgan fingerprint density at radius 1 is 1.00 bits per heavy atom. The molecule has 1 unspecified atom stereocenters. The molecule has 1 saturated heterocycles. The number of rotatable bonds is 7. The summed E-state index contributed by atoms with van der Waals surface area (Å²) in [4.78, 5) is 11.3. The predicted molar refractivity (Wildman–Crippen MR) is 114 cm³/mol. The summed E-state index contributed by atoms with van der Waals surface area (Å²) in [6.07, 6.45) is 2.02. The number of para-hydroxylation sites is 1. The van der Waals surface area contributed by atoms with Gasteiger partial charge in [-0.3, -0.25) is 4.90 Å². The lowest BCUT2D eigenvalue weighted by Crippen LogP contribution is -2.43. The minimum Gasteiger partial charge on any atom is -0.379 e. The first kappa shape index (κ1) is 19.1. The van der Waals surface area contributed by atoms with Crippen molar-refractivity contribution in [3.8, 4) is 0 Å². The van der Waals surface area contributed by atoms with Gasteiger partial charge in [0.1, 0.15) is 5.82 Å². The highest BCUT2D eigenvalue weighted by Gasteiger charge is 2.18. The largest absolute Gasteiger partial charge is 0.379 e. The van der Waals surface area contributed by atoms with Gasteiger partial charge in [-0.05, 0) is 42.1 Å². The molecule has 28 heavy (non-hydrogen) atoms. The summed E-state index contributed by atoms with van der Waals surface area (Å²) in [5.74, 6) is 0.807. The zero-order chi connectivity index (χ0) is 19.2. The van der Waals surface area contributed by atoms with Gasteiger partial charge in [-0.2, -0.15) is 0 Å². The number of anilines is 1. The Bertz CT molecular complexity index is 899. The van der Waals surface area contributed by atoms with Gasteiger partial charge in [-0.15, -0.1) is 0 Å². The van der Waals surface area contributed by atoms with Gasteiger partial charge in [0.2, 0.25) is 5.28 Å². The molecule has 2 aromatic carbocycles. The topological polar surface area (TPSA) is 50.3 Å². The van der Waals surface area contributed by atoms with Crippen LogP contribution in [0.4, 0.5) is 5.82 Å². The number of ether oxygens (including phenoxy) is 1. The molecule has 1 fully saturated rings. The fourth-order valence-electron chi connectivity index (χ4n) is 3.64. The van der Waals surface area contributed by atoms with Gasteiger partial charge in [-0.1, -0.05) is 42.5 Å². The van der Waals surface area contributed by atoms with E-state index in [1.54, 1.807) is 0 Å². The molecule has 1 aliphatic rings. The normalized spacial score (nSPS) is 16.2. The van der Waals surface area contributed by atoms with Crippen LogP contribution in [0.3, 0.4) is 0 Å². The maximum atomic E-state index is 6.18. The molecular weight excluding hydrogens is 372 g/mol. The summed E-state index contributed by atoms with van der Waals surface area (Å²) >= 11 is 6.18. The van der Waals surface area contributed by atoms with E-state index in [0.29, 0.717) is 0 Å². The highest BCUT2D eigenvalue weighted by atomic mass is 35.5. The molecular formula is C22H25ClN4O. The maximum Gasteiger partial charge on any atom is 0.224 e. The number of nitrogens with one attached hydrogen (secondary N) is 1. The highest BCUT2D eigenvalue weighted by molar-refractivity contribution is 6.28. The Balaban J connectivity index is 1.54. The fourth-order valence-corrected chi connectivity index (χ4v) is 3.82. The predicted octanol–water partition coefficient (Wildman–Crippen LogP) is 4.03. The third kappa shape index (κ3) is 4.98. The molecule has 0 radical (unpaired) electrons. The van der Waals surface area contributed by atoms with Crippen molar-refractivity contribution in [2.45, 2.75) is 18.9 Å². The Kier molecular flexibility index (Phi) is 6.37. The maximum absolute atomic E-state index is 6.18. The average molecular weight is 397 g/mol. The van der Waals surface area contributed by atoms with E-state index < -0.39 is 0 Å². The lowest BCUT2D eigenvalue weighted by atomic mass is 10.0. The standard InChI is InChI=1S/C22H25ClN4O/c23-22-25-20-9-5-4-8-19(20)21(26-22)24-18(16-27-12-14-28-15-13-27)11-10-17-6-2-1-3-7-17/h1-9,18H,10-16H2,(H,24,25,26). The number of hydrogen-bond donors (Lipinski definition) is 1. The van der Waals surface area contributed by atoms with Crippen molar-refractivity contribution in [2.24, 2.45) is 0 Å². The first-order valence-corrected chi connectivity index (χ1v) is 10.2. The van der Waals surface area contributed by atoms with Crippen LogP contribution in [0.1, 0.15) is 12.0 Å².